The number of aliphatic hydroxyl groups excluding tert-OH is 1. The maximum atomic E-state index is 12.3. The van der Waals surface area contributed by atoms with E-state index in [4.69, 9.17) is 5.11 Å². The number of para-hydroxylation sites is 1. The SMILES string of the molecule is O=C(CCN(CCO)CC(F)(F)F)Nc1ccccc1. The number of carbonyl (C=O) groups excluding carboxylic acids is 1. The Kier molecular flexibility index (Phi) is 6.47. The zero-order valence-electron chi connectivity index (χ0n) is 10.9. The van der Waals surface area contributed by atoms with Gasteiger partial charge in [-0.15, -0.1) is 0 Å². The number of benzene rings is 1. The van der Waals surface area contributed by atoms with Crippen LogP contribution in [0.25, 0.3) is 0 Å². The van der Waals surface area contributed by atoms with Gasteiger partial charge in [0.05, 0.1) is 13.2 Å². The fraction of sp³-hybridized carbons (Fsp3) is 0.462. The minimum Gasteiger partial charge on any atom is -0.395 e. The maximum Gasteiger partial charge on any atom is 0.401 e. The van der Waals surface area contributed by atoms with E-state index in [1.807, 2.05) is 0 Å². The Morgan fingerprint density at radius 2 is 1.85 bits per heavy atom. The van der Waals surface area contributed by atoms with Crippen LogP contribution in [-0.2, 0) is 4.79 Å². The lowest BCUT2D eigenvalue weighted by molar-refractivity contribution is -0.147. The van der Waals surface area contributed by atoms with Crippen molar-refractivity contribution in [2.24, 2.45) is 0 Å². The molecular formula is C13H17F3N2O2. The Morgan fingerprint density at radius 1 is 1.20 bits per heavy atom. The summed E-state index contributed by atoms with van der Waals surface area (Å²) >= 11 is 0. The van der Waals surface area contributed by atoms with Crippen LogP contribution in [0.5, 0.6) is 0 Å². The highest BCUT2D eigenvalue weighted by atomic mass is 19.4. The summed E-state index contributed by atoms with van der Waals surface area (Å²) in [7, 11) is 0. The molecule has 112 valence electrons. The van der Waals surface area contributed by atoms with E-state index in [9.17, 15) is 18.0 Å². The molecule has 0 saturated heterocycles. The third-order valence-electron chi connectivity index (χ3n) is 2.53. The lowest BCUT2D eigenvalue weighted by Crippen LogP contribution is -2.38. The summed E-state index contributed by atoms with van der Waals surface area (Å²) in [6, 6.07) is 8.68. The largest absolute Gasteiger partial charge is 0.401 e. The molecule has 1 rings (SSSR count). The number of hydrogen-bond acceptors (Lipinski definition) is 3. The molecule has 0 heterocycles. The van der Waals surface area contributed by atoms with Gasteiger partial charge in [0.15, 0.2) is 0 Å². The molecule has 20 heavy (non-hydrogen) atoms. The monoisotopic (exact) mass is 290 g/mol. The van der Waals surface area contributed by atoms with Gasteiger partial charge in [0.2, 0.25) is 5.91 Å². The molecule has 0 spiro atoms. The van der Waals surface area contributed by atoms with Crippen molar-refractivity contribution in [3.63, 3.8) is 0 Å². The van der Waals surface area contributed by atoms with E-state index in [2.05, 4.69) is 5.32 Å². The minimum atomic E-state index is -4.34. The molecule has 0 unspecified atom stereocenters. The van der Waals surface area contributed by atoms with Gasteiger partial charge in [0.1, 0.15) is 0 Å². The highest BCUT2D eigenvalue weighted by molar-refractivity contribution is 5.90. The third kappa shape index (κ3) is 7.10. The molecule has 0 aliphatic carbocycles. The van der Waals surface area contributed by atoms with Gasteiger partial charge in [0.25, 0.3) is 0 Å². The number of amides is 1. The van der Waals surface area contributed by atoms with Crippen LogP contribution in [0, 0.1) is 0 Å². The summed E-state index contributed by atoms with van der Waals surface area (Å²) in [5.74, 6) is -0.360. The number of halogens is 3. The van der Waals surface area contributed by atoms with Crippen LogP contribution in [0.15, 0.2) is 30.3 Å². The van der Waals surface area contributed by atoms with Crippen LogP contribution in [0.4, 0.5) is 18.9 Å². The second-order valence-electron chi connectivity index (χ2n) is 4.28. The van der Waals surface area contributed by atoms with Crippen LogP contribution in [0.1, 0.15) is 6.42 Å². The quantitative estimate of drug-likeness (QED) is 0.806. The van der Waals surface area contributed by atoms with Gasteiger partial charge in [0, 0.05) is 25.2 Å². The summed E-state index contributed by atoms with van der Waals surface area (Å²) in [6.07, 6.45) is -4.41. The van der Waals surface area contributed by atoms with Gasteiger partial charge in [-0.1, -0.05) is 18.2 Å². The van der Waals surface area contributed by atoms with Gasteiger partial charge < -0.3 is 10.4 Å². The molecule has 0 atom stereocenters. The van der Waals surface area contributed by atoms with E-state index in [-0.39, 0.29) is 32.0 Å². The smallest absolute Gasteiger partial charge is 0.395 e. The number of alkyl halides is 3. The number of nitrogens with zero attached hydrogens (tertiary/aromatic N) is 1. The summed E-state index contributed by atoms with van der Waals surface area (Å²) < 4.78 is 36.8. The van der Waals surface area contributed by atoms with Crippen molar-refractivity contribution in [1.82, 2.24) is 4.90 Å². The Balaban J connectivity index is 2.40. The van der Waals surface area contributed by atoms with Crippen molar-refractivity contribution in [2.45, 2.75) is 12.6 Å². The van der Waals surface area contributed by atoms with Gasteiger partial charge >= 0.3 is 6.18 Å². The average molecular weight is 290 g/mol. The highest BCUT2D eigenvalue weighted by Crippen LogP contribution is 2.16. The van der Waals surface area contributed by atoms with Crippen LogP contribution >= 0.6 is 0 Å². The highest BCUT2D eigenvalue weighted by Gasteiger charge is 2.30. The van der Waals surface area contributed by atoms with Crippen molar-refractivity contribution in [1.29, 1.82) is 0 Å². The van der Waals surface area contributed by atoms with E-state index in [1.165, 1.54) is 0 Å². The van der Waals surface area contributed by atoms with Gasteiger partial charge in [-0.25, -0.2) is 0 Å². The standard InChI is InChI=1S/C13H17F3N2O2/c14-13(15,16)10-18(8-9-19)7-6-12(20)17-11-4-2-1-3-5-11/h1-5,19H,6-10H2,(H,17,20). The summed E-state index contributed by atoms with van der Waals surface area (Å²) in [6.45, 7) is -1.68. The molecule has 1 amide bonds. The predicted molar refractivity (Wildman–Crippen MR) is 69.3 cm³/mol. The number of aliphatic hydroxyl groups is 1. The topological polar surface area (TPSA) is 52.6 Å². The zero-order valence-corrected chi connectivity index (χ0v) is 10.9. The van der Waals surface area contributed by atoms with E-state index >= 15 is 0 Å². The van der Waals surface area contributed by atoms with Crippen LogP contribution < -0.4 is 5.32 Å². The third-order valence-corrected chi connectivity index (χ3v) is 2.53. The second kappa shape index (κ2) is 7.86. The number of rotatable bonds is 7. The fourth-order valence-electron chi connectivity index (χ4n) is 1.67. The van der Waals surface area contributed by atoms with E-state index < -0.39 is 12.7 Å². The number of nitrogens with one attached hydrogen (secondary N) is 1. The molecule has 1 aromatic rings. The Bertz CT molecular complexity index is 410. The molecule has 0 bridgehead atoms. The van der Waals surface area contributed by atoms with E-state index in [0.717, 1.165) is 4.90 Å². The van der Waals surface area contributed by atoms with Gasteiger partial charge in [-0.3, -0.25) is 9.69 Å². The first-order valence-electron chi connectivity index (χ1n) is 6.15. The first-order valence-corrected chi connectivity index (χ1v) is 6.15. The lowest BCUT2D eigenvalue weighted by atomic mass is 10.3. The molecule has 0 saturated carbocycles. The molecule has 2 N–H and O–H groups in total. The molecular weight excluding hydrogens is 273 g/mol. The first-order chi connectivity index (χ1) is 9.40. The predicted octanol–water partition coefficient (Wildman–Crippen LogP) is 1.87. The molecule has 0 aromatic heterocycles. The first kappa shape index (κ1) is 16.5. The van der Waals surface area contributed by atoms with E-state index in [0.29, 0.717) is 5.69 Å². The number of hydrogen-bond donors (Lipinski definition) is 2. The minimum absolute atomic E-state index is 0.0568. The number of anilines is 1. The molecule has 7 heteroatoms. The lowest BCUT2D eigenvalue weighted by Gasteiger charge is -2.22. The molecule has 0 aliphatic rings. The molecule has 4 nitrogen and oxygen atoms in total. The number of carbonyl (C=O) groups is 1. The fourth-order valence-corrected chi connectivity index (χ4v) is 1.67. The van der Waals surface area contributed by atoms with Gasteiger partial charge in [-0.2, -0.15) is 13.2 Å². The Morgan fingerprint density at radius 3 is 2.40 bits per heavy atom. The zero-order chi connectivity index (χ0) is 15.0. The van der Waals surface area contributed by atoms with E-state index in [1.54, 1.807) is 30.3 Å². The van der Waals surface area contributed by atoms with Crippen LogP contribution in [0.2, 0.25) is 0 Å². The summed E-state index contributed by atoms with van der Waals surface area (Å²) in [5.41, 5.74) is 0.599. The van der Waals surface area contributed by atoms with Crippen LogP contribution in [-0.4, -0.2) is 48.3 Å². The summed E-state index contributed by atoms with van der Waals surface area (Å²) in [5, 5.41) is 11.3. The van der Waals surface area contributed by atoms with Crippen molar-refractivity contribution >= 4 is 11.6 Å². The average Bonchev–Trinajstić information content (AvgIpc) is 2.36. The molecule has 1 aromatic carbocycles. The van der Waals surface area contributed by atoms with Gasteiger partial charge in [-0.05, 0) is 12.1 Å². The van der Waals surface area contributed by atoms with Crippen molar-refractivity contribution < 1.29 is 23.1 Å². The van der Waals surface area contributed by atoms with Crippen LogP contribution in [0.3, 0.4) is 0 Å². The van der Waals surface area contributed by atoms with Crippen molar-refractivity contribution in [3.8, 4) is 0 Å². The second-order valence-corrected chi connectivity index (χ2v) is 4.28. The Labute approximate surface area is 115 Å². The molecule has 0 radical (unpaired) electrons. The summed E-state index contributed by atoms with van der Waals surface area (Å²) in [4.78, 5) is 12.6. The maximum absolute atomic E-state index is 12.3. The van der Waals surface area contributed by atoms with Crippen molar-refractivity contribution in [3.05, 3.63) is 30.3 Å². The molecule has 0 fully saturated rings. The van der Waals surface area contributed by atoms with Crippen molar-refractivity contribution in [2.75, 3.05) is 31.6 Å². The molecule has 0 aliphatic heterocycles. The Hall–Kier alpha value is -1.60. The normalized spacial score (nSPS) is 11.7.